The Morgan fingerprint density at radius 2 is 1.88 bits per heavy atom. The molecule has 4 nitrogen and oxygen atoms in total. The van der Waals surface area contributed by atoms with Crippen molar-refractivity contribution in [2.75, 3.05) is 11.9 Å². The van der Waals surface area contributed by atoms with Crippen LogP contribution in [0.5, 0.6) is 0 Å². The number of hydrogen-bond donors (Lipinski definition) is 1. The van der Waals surface area contributed by atoms with Gasteiger partial charge in [-0.05, 0) is 43.3 Å². The van der Waals surface area contributed by atoms with Crippen molar-refractivity contribution in [2.45, 2.75) is 17.1 Å². The molecule has 0 aromatic heterocycles. The van der Waals surface area contributed by atoms with E-state index in [-0.39, 0.29) is 5.69 Å². The van der Waals surface area contributed by atoms with Gasteiger partial charge in [0.15, 0.2) is 6.61 Å². The molecule has 0 aliphatic rings. The molecular weight excluding hydrogens is 353 g/mol. The molecule has 24 heavy (non-hydrogen) atoms. The molecule has 0 spiro atoms. The number of esters is 1. The zero-order valence-electron chi connectivity index (χ0n) is 12.8. The van der Waals surface area contributed by atoms with Crippen molar-refractivity contribution < 1.29 is 18.7 Å². The van der Waals surface area contributed by atoms with Gasteiger partial charge in [0.2, 0.25) is 0 Å². The van der Waals surface area contributed by atoms with Gasteiger partial charge in [-0.2, -0.15) is 0 Å². The van der Waals surface area contributed by atoms with Crippen LogP contribution in [0.4, 0.5) is 10.1 Å². The molecule has 0 unspecified atom stereocenters. The van der Waals surface area contributed by atoms with Crippen LogP contribution in [0.25, 0.3) is 0 Å². The SMILES string of the molecule is C[C@@H](Sc1ccc(Cl)cc1)C(=O)OCC(=O)Nc1ccccc1F. The maximum Gasteiger partial charge on any atom is 0.319 e. The molecule has 0 saturated heterocycles. The third-order valence-corrected chi connectivity index (χ3v) is 4.29. The Bertz CT molecular complexity index is 724. The van der Waals surface area contributed by atoms with Gasteiger partial charge in [-0.1, -0.05) is 23.7 Å². The van der Waals surface area contributed by atoms with Crippen LogP contribution in [-0.4, -0.2) is 23.7 Å². The predicted octanol–water partition coefficient (Wildman–Crippen LogP) is 4.14. The Balaban J connectivity index is 1.80. The smallest absolute Gasteiger partial charge is 0.319 e. The van der Waals surface area contributed by atoms with Gasteiger partial charge < -0.3 is 10.1 Å². The number of hydrogen-bond acceptors (Lipinski definition) is 4. The molecule has 0 aliphatic heterocycles. The van der Waals surface area contributed by atoms with Crippen LogP contribution < -0.4 is 5.32 Å². The Morgan fingerprint density at radius 3 is 2.54 bits per heavy atom. The zero-order valence-corrected chi connectivity index (χ0v) is 14.4. The van der Waals surface area contributed by atoms with Crippen LogP contribution >= 0.6 is 23.4 Å². The molecule has 1 atom stereocenters. The fourth-order valence-electron chi connectivity index (χ4n) is 1.77. The summed E-state index contributed by atoms with van der Waals surface area (Å²) < 4.78 is 18.4. The molecule has 0 aliphatic carbocycles. The lowest BCUT2D eigenvalue weighted by molar-refractivity contribution is -0.146. The summed E-state index contributed by atoms with van der Waals surface area (Å²) in [6.07, 6.45) is 0. The van der Waals surface area contributed by atoms with E-state index in [9.17, 15) is 14.0 Å². The minimum atomic E-state index is -0.600. The maximum absolute atomic E-state index is 13.4. The first-order valence-electron chi connectivity index (χ1n) is 7.09. The predicted molar refractivity (Wildman–Crippen MR) is 92.8 cm³/mol. The fourth-order valence-corrected chi connectivity index (χ4v) is 2.76. The highest BCUT2D eigenvalue weighted by molar-refractivity contribution is 8.00. The van der Waals surface area contributed by atoms with Crippen LogP contribution in [0, 0.1) is 5.82 Å². The van der Waals surface area contributed by atoms with E-state index in [0.717, 1.165) is 4.90 Å². The lowest BCUT2D eigenvalue weighted by Crippen LogP contribution is -2.25. The number of amides is 1. The molecule has 126 valence electrons. The molecule has 0 saturated carbocycles. The molecule has 2 rings (SSSR count). The molecule has 2 aromatic carbocycles. The van der Waals surface area contributed by atoms with Crippen molar-refractivity contribution in [1.82, 2.24) is 0 Å². The highest BCUT2D eigenvalue weighted by Gasteiger charge is 2.17. The Labute approximate surface area is 148 Å². The lowest BCUT2D eigenvalue weighted by Gasteiger charge is -2.11. The first kappa shape index (κ1) is 18.3. The van der Waals surface area contributed by atoms with Crippen molar-refractivity contribution in [3.05, 3.63) is 59.4 Å². The number of carbonyl (C=O) groups excluding carboxylic acids is 2. The fraction of sp³-hybridized carbons (Fsp3) is 0.176. The summed E-state index contributed by atoms with van der Waals surface area (Å²) in [5.41, 5.74) is 0.0436. The van der Waals surface area contributed by atoms with E-state index in [2.05, 4.69) is 5.32 Å². The Hall–Kier alpha value is -2.05. The Kier molecular flexibility index (Phi) is 6.63. The lowest BCUT2D eigenvalue weighted by atomic mass is 10.3. The zero-order chi connectivity index (χ0) is 17.5. The summed E-state index contributed by atoms with van der Waals surface area (Å²) in [6.45, 7) is 1.20. The van der Waals surface area contributed by atoms with Crippen molar-refractivity contribution >= 4 is 40.9 Å². The van der Waals surface area contributed by atoms with Gasteiger partial charge in [0.05, 0.1) is 5.69 Å². The van der Waals surface area contributed by atoms with Crippen molar-refractivity contribution in [2.24, 2.45) is 0 Å². The van der Waals surface area contributed by atoms with E-state index in [1.807, 2.05) is 0 Å². The highest BCUT2D eigenvalue weighted by Crippen LogP contribution is 2.25. The average Bonchev–Trinajstić information content (AvgIpc) is 2.57. The van der Waals surface area contributed by atoms with Gasteiger partial charge in [-0.25, -0.2) is 4.39 Å². The standard InChI is InChI=1S/C17H15ClFNO3S/c1-11(24-13-8-6-12(18)7-9-13)17(22)23-10-16(21)20-15-5-3-2-4-14(15)19/h2-9,11H,10H2,1H3,(H,20,21)/t11-/m1/s1. The van der Waals surface area contributed by atoms with Gasteiger partial charge >= 0.3 is 5.97 Å². The van der Waals surface area contributed by atoms with Crippen LogP contribution in [0.3, 0.4) is 0 Å². The quantitative estimate of drug-likeness (QED) is 0.615. The summed E-state index contributed by atoms with van der Waals surface area (Å²) in [5, 5.41) is 2.47. The van der Waals surface area contributed by atoms with Crippen molar-refractivity contribution in [3.8, 4) is 0 Å². The van der Waals surface area contributed by atoms with Crippen LogP contribution in [0.2, 0.25) is 5.02 Å². The summed E-state index contributed by atoms with van der Waals surface area (Å²) in [6, 6.07) is 12.8. The number of halogens is 2. The number of anilines is 1. The number of nitrogens with one attached hydrogen (secondary N) is 1. The molecular formula is C17H15ClFNO3S. The summed E-state index contributed by atoms with van der Waals surface area (Å²) in [5.74, 6) is -1.68. The summed E-state index contributed by atoms with van der Waals surface area (Å²) >= 11 is 7.09. The van der Waals surface area contributed by atoms with E-state index < -0.39 is 29.6 Å². The second-order valence-electron chi connectivity index (χ2n) is 4.85. The molecule has 1 amide bonds. The molecule has 0 heterocycles. The number of thioether (sulfide) groups is 1. The number of carbonyl (C=O) groups is 2. The van der Waals surface area contributed by atoms with Crippen LogP contribution in [0.15, 0.2) is 53.4 Å². The summed E-state index contributed by atoms with van der Waals surface area (Å²) in [4.78, 5) is 24.5. The summed E-state index contributed by atoms with van der Waals surface area (Å²) in [7, 11) is 0. The number of para-hydroxylation sites is 1. The minimum absolute atomic E-state index is 0.0436. The number of ether oxygens (including phenoxy) is 1. The van der Waals surface area contributed by atoms with E-state index in [1.54, 1.807) is 37.3 Å². The van der Waals surface area contributed by atoms with Crippen LogP contribution in [-0.2, 0) is 14.3 Å². The van der Waals surface area contributed by atoms with Gasteiger partial charge in [0.1, 0.15) is 11.1 Å². The van der Waals surface area contributed by atoms with E-state index in [0.29, 0.717) is 5.02 Å². The van der Waals surface area contributed by atoms with Gasteiger partial charge in [0, 0.05) is 9.92 Å². The monoisotopic (exact) mass is 367 g/mol. The molecule has 0 radical (unpaired) electrons. The first-order chi connectivity index (χ1) is 11.5. The first-order valence-corrected chi connectivity index (χ1v) is 8.34. The topological polar surface area (TPSA) is 55.4 Å². The third kappa shape index (κ3) is 5.54. The minimum Gasteiger partial charge on any atom is -0.455 e. The number of rotatable bonds is 6. The Morgan fingerprint density at radius 1 is 1.21 bits per heavy atom. The third-order valence-electron chi connectivity index (χ3n) is 2.95. The molecule has 0 bridgehead atoms. The molecule has 0 fully saturated rings. The normalized spacial score (nSPS) is 11.6. The van der Waals surface area contributed by atoms with Crippen molar-refractivity contribution in [3.63, 3.8) is 0 Å². The second kappa shape index (κ2) is 8.70. The second-order valence-corrected chi connectivity index (χ2v) is 6.70. The molecule has 1 N–H and O–H groups in total. The van der Waals surface area contributed by atoms with Gasteiger partial charge in [0.25, 0.3) is 5.91 Å². The largest absolute Gasteiger partial charge is 0.455 e. The average molecular weight is 368 g/mol. The molecule has 2 aromatic rings. The van der Waals surface area contributed by atoms with Gasteiger partial charge in [-0.3, -0.25) is 9.59 Å². The van der Waals surface area contributed by atoms with E-state index in [1.165, 1.54) is 30.0 Å². The van der Waals surface area contributed by atoms with E-state index in [4.69, 9.17) is 16.3 Å². The van der Waals surface area contributed by atoms with E-state index >= 15 is 0 Å². The van der Waals surface area contributed by atoms with Crippen LogP contribution in [0.1, 0.15) is 6.92 Å². The van der Waals surface area contributed by atoms with Gasteiger partial charge in [-0.15, -0.1) is 11.8 Å². The maximum atomic E-state index is 13.4. The van der Waals surface area contributed by atoms with Crippen molar-refractivity contribution in [1.29, 1.82) is 0 Å². The number of benzene rings is 2. The molecule has 7 heteroatoms. The highest BCUT2D eigenvalue weighted by atomic mass is 35.5.